The quantitative estimate of drug-likeness (QED) is 0.227. The zero-order valence-corrected chi connectivity index (χ0v) is 23.7. The number of H-pyrrole nitrogens is 1. The van der Waals surface area contributed by atoms with Crippen molar-refractivity contribution < 1.29 is 9.26 Å². The Labute approximate surface area is 286 Å². The molecule has 0 aliphatic heterocycles. The van der Waals surface area contributed by atoms with Gasteiger partial charge in [-0.05, 0) is 49.4 Å². The van der Waals surface area contributed by atoms with E-state index in [4.69, 9.17) is 14.2 Å². The molecule has 0 aliphatic rings. The van der Waals surface area contributed by atoms with E-state index in [9.17, 15) is 9.59 Å². The van der Waals surface area contributed by atoms with Crippen LogP contribution in [0.5, 0.6) is 5.88 Å². The van der Waals surface area contributed by atoms with Crippen LogP contribution in [0.15, 0.2) is 81.0 Å². The van der Waals surface area contributed by atoms with Crippen molar-refractivity contribution in [3.8, 4) is 39.5 Å². The van der Waals surface area contributed by atoms with Crippen molar-refractivity contribution in [2.75, 3.05) is 0 Å². The van der Waals surface area contributed by atoms with Crippen molar-refractivity contribution >= 4 is 51.4 Å². The van der Waals surface area contributed by atoms with Gasteiger partial charge in [0.2, 0.25) is 5.88 Å². The van der Waals surface area contributed by atoms with Crippen molar-refractivity contribution in [2.24, 2.45) is 0 Å². The van der Waals surface area contributed by atoms with Crippen molar-refractivity contribution in [2.45, 2.75) is 59.6 Å². The predicted molar refractivity (Wildman–Crippen MR) is 165 cm³/mol. The van der Waals surface area contributed by atoms with Crippen LogP contribution in [0.4, 0.5) is 0 Å². The molecule has 0 amide bonds. The van der Waals surface area contributed by atoms with Crippen LogP contribution >= 0.6 is 0 Å². The van der Waals surface area contributed by atoms with E-state index in [1.807, 2.05) is 75.4 Å². The zero-order valence-electron chi connectivity index (χ0n) is 23.7. The summed E-state index contributed by atoms with van der Waals surface area (Å²) in [7, 11) is 0. The Bertz CT molecular complexity index is 1760. The Hall–Kier alpha value is -3.15. The molecule has 212 valence electrons. The number of benzene rings is 2. The summed E-state index contributed by atoms with van der Waals surface area (Å²) in [4.78, 5) is 37.5. The predicted octanol–water partition coefficient (Wildman–Crippen LogP) is 5.02. The number of nitrogens with zero attached hydrogens (tertiary/aromatic N) is 4. The van der Waals surface area contributed by atoms with Gasteiger partial charge in [0.05, 0.1) is 23.9 Å². The molecule has 0 atom stereocenters. The van der Waals surface area contributed by atoms with Gasteiger partial charge >= 0.3 is 57.1 Å². The standard InChI is InChI=1S/C32H33N5O4.K.H/c1-5-9-27-34-26(6-2)29(23-16-17-28(33-18-23)40-20(3)4)31(38)37(27)19-21-12-14-22(15-13-21)24-10-7-8-11-25(24)30-35-32(39)41-36-30;;/h7-8,10-18,20H,5-6,9,19H2,1-4H3,(H,35,36,39);;. The van der Waals surface area contributed by atoms with E-state index in [-0.39, 0.29) is 63.0 Å². The molecule has 0 bridgehead atoms. The Kier molecular flexibility index (Phi) is 10.9. The second-order valence-electron chi connectivity index (χ2n) is 10.1. The topological polar surface area (TPSA) is 116 Å². The van der Waals surface area contributed by atoms with Crippen molar-refractivity contribution in [3.63, 3.8) is 0 Å². The maximum atomic E-state index is 14.0. The summed E-state index contributed by atoms with van der Waals surface area (Å²) in [6.07, 6.45) is 3.91. The van der Waals surface area contributed by atoms with Gasteiger partial charge in [-0.1, -0.05) is 67.5 Å². The van der Waals surface area contributed by atoms with Gasteiger partial charge in [-0.15, -0.1) is 0 Å². The first-order valence-corrected chi connectivity index (χ1v) is 13.9. The first kappa shape index (κ1) is 31.8. The summed E-state index contributed by atoms with van der Waals surface area (Å²) in [6.45, 7) is 8.38. The minimum absolute atomic E-state index is 0. The summed E-state index contributed by atoms with van der Waals surface area (Å²) >= 11 is 0. The molecule has 1 N–H and O–H groups in total. The molecule has 0 unspecified atom stereocenters. The molecule has 10 heteroatoms. The van der Waals surface area contributed by atoms with Crippen LogP contribution in [-0.2, 0) is 19.4 Å². The molecular formula is C32H34KN5O4. The fourth-order valence-electron chi connectivity index (χ4n) is 4.87. The van der Waals surface area contributed by atoms with Gasteiger partial charge in [0.25, 0.3) is 5.56 Å². The fourth-order valence-corrected chi connectivity index (χ4v) is 4.87. The monoisotopic (exact) mass is 591 g/mol. The first-order valence-electron chi connectivity index (χ1n) is 13.9. The van der Waals surface area contributed by atoms with Crippen LogP contribution < -0.4 is 16.1 Å². The molecule has 0 saturated carbocycles. The van der Waals surface area contributed by atoms with Gasteiger partial charge in [-0.25, -0.2) is 14.8 Å². The van der Waals surface area contributed by atoms with Crippen LogP contribution in [0.2, 0.25) is 0 Å². The number of nitrogens with one attached hydrogen (secondary N) is 1. The second kappa shape index (κ2) is 14.3. The number of pyridine rings is 1. The van der Waals surface area contributed by atoms with Gasteiger partial charge in [-0.3, -0.25) is 18.9 Å². The Morgan fingerprint density at radius 1 is 0.952 bits per heavy atom. The number of ether oxygens (including phenoxy) is 1. The number of aromatic nitrogens is 5. The average molecular weight is 592 g/mol. The molecule has 0 radical (unpaired) electrons. The van der Waals surface area contributed by atoms with Crippen LogP contribution in [0, 0.1) is 0 Å². The van der Waals surface area contributed by atoms with E-state index < -0.39 is 5.76 Å². The molecule has 3 aromatic heterocycles. The van der Waals surface area contributed by atoms with Crippen LogP contribution in [0.1, 0.15) is 51.2 Å². The van der Waals surface area contributed by atoms with E-state index in [2.05, 4.69) is 22.0 Å². The van der Waals surface area contributed by atoms with Crippen molar-refractivity contribution in [3.05, 3.63) is 105 Å². The summed E-state index contributed by atoms with van der Waals surface area (Å²) in [5.74, 6) is 1.07. The van der Waals surface area contributed by atoms with Crippen LogP contribution in [0.3, 0.4) is 0 Å². The Balaban J connectivity index is 0.00000405. The summed E-state index contributed by atoms with van der Waals surface area (Å²) in [6, 6.07) is 19.3. The molecule has 3 heterocycles. The molecule has 2 aromatic carbocycles. The third kappa shape index (κ3) is 7.07. The first-order chi connectivity index (χ1) is 19.9. The number of hydrogen-bond acceptors (Lipinski definition) is 7. The van der Waals surface area contributed by atoms with E-state index in [1.54, 1.807) is 16.8 Å². The number of rotatable bonds is 10. The van der Waals surface area contributed by atoms with Gasteiger partial charge in [0.1, 0.15) is 5.82 Å². The van der Waals surface area contributed by atoms with Crippen LogP contribution in [0.25, 0.3) is 33.6 Å². The summed E-state index contributed by atoms with van der Waals surface area (Å²) < 4.78 is 12.2. The SMILES string of the molecule is CCCc1nc(CC)c(-c2ccc(OC(C)C)nc2)c(=O)n1Cc1ccc(-c2ccccc2-c2noc(=O)[nH]2)cc1.[KH]. The zero-order chi connectivity index (χ0) is 28.9. The van der Waals surface area contributed by atoms with E-state index in [1.165, 1.54) is 0 Å². The molecule has 0 aliphatic carbocycles. The molecule has 9 nitrogen and oxygen atoms in total. The van der Waals surface area contributed by atoms with E-state index in [0.29, 0.717) is 36.7 Å². The second-order valence-corrected chi connectivity index (χ2v) is 10.1. The molecule has 0 fully saturated rings. The number of aromatic amines is 1. The van der Waals surface area contributed by atoms with Gasteiger partial charge in [0, 0.05) is 29.8 Å². The molecule has 5 aromatic rings. The van der Waals surface area contributed by atoms with Crippen molar-refractivity contribution in [1.29, 1.82) is 0 Å². The maximum absolute atomic E-state index is 14.0. The average Bonchev–Trinajstić information content (AvgIpc) is 3.41. The Morgan fingerprint density at radius 3 is 2.26 bits per heavy atom. The normalized spacial score (nSPS) is 11.0. The molecule has 5 rings (SSSR count). The number of aryl methyl sites for hydroxylation is 2. The van der Waals surface area contributed by atoms with Crippen molar-refractivity contribution in [1.82, 2.24) is 24.7 Å². The molecule has 42 heavy (non-hydrogen) atoms. The van der Waals surface area contributed by atoms with E-state index in [0.717, 1.165) is 45.8 Å². The minimum atomic E-state index is -0.601. The third-order valence-electron chi connectivity index (χ3n) is 6.74. The molecule has 0 saturated heterocycles. The fraction of sp³-hybridized carbons (Fsp3) is 0.281. The van der Waals surface area contributed by atoms with Crippen LogP contribution in [-0.4, -0.2) is 82.2 Å². The molecular weight excluding hydrogens is 557 g/mol. The van der Waals surface area contributed by atoms with Gasteiger partial charge in [-0.2, -0.15) is 0 Å². The molecule has 0 spiro atoms. The van der Waals surface area contributed by atoms with Gasteiger partial charge < -0.3 is 4.74 Å². The summed E-state index contributed by atoms with van der Waals surface area (Å²) in [5.41, 5.74) is 5.57. The Morgan fingerprint density at radius 2 is 1.67 bits per heavy atom. The van der Waals surface area contributed by atoms with E-state index >= 15 is 0 Å². The van der Waals surface area contributed by atoms with Gasteiger partial charge in [0.15, 0.2) is 5.82 Å². The third-order valence-corrected chi connectivity index (χ3v) is 6.74. The number of hydrogen-bond donors (Lipinski definition) is 1. The summed E-state index contributed by atoms with van der Waals surface area (Å²) in [5, 5.41) is 3.85.